The monoisotopic (exact) mass is 326 g/mol. The van der Waals surface area contributed by atoms with Crippen LogP contribution in [-0.2, 0) is 12.0 Å². The average Bonchev–Trinajstić information content (AvgIpc) is 3.32. The first-order chi connectivity index (χ1) is 11.6. The molecular formula is C19H26N4O. The summed E-state index contributed by atoms with van der Waals surface area (Å²) in [6, 6.07) is 10.7. The third kappa shape index (κ3) is 3.78. The number of nitrogens with zero attached hydrogens (tertiary/aromatic N) is 2. The summed E-state index contributed by atoms with van der Waals surface area (Å²) in [5.74, 6) is 2.33. The van der Waals surface area contributed by atoms with Crippen LogP contribution < -0.4 is 10.6 Å². The van der Waals surface area contributed by atoms with E-state index < -0.39 is 0 Å². The van der Waals surface area contributed by atoms with Crippen molar-refractivity contribution in [1.29, 1.82) is 0 Å². The van der Waals surface area contributed by atoms with E-state index in [-0.39, 0.29) is 5.41 Å². The number of aromatic nitrogens is 1. The molecule has 0 saturated heterocycles. The summed E-state index contributed by atoms with van der Waals surface area (Å²) in [4.78, 5) is 8.98. The molecule has 3 rings (SSSR count). The Morgan fingerprint density at radius 3 is 2.54 bits per heavy atom. The van der Waals surface area contributed by atoms with Crippen molar-refractivity contribution < 1.29 is 4.42 Å². The zero-order chi connectivity index (χ0) is 17.0. The van der Waals surface area contributed by atoms with Gasteiger partial charge in [0, 0.05) is 18.5 Å². The normalized spacial score (nSPS) is 16.0. The zero-order valence-electron chi connectivity index (χ0n) is 14.7. The van der Waals surface area contributed by atoms with E-state index in [1.807, 2.05) is 13.8 Å². The number of aliphatic imine (C=N–C) groups is 1. The van der Waals surface area contributed by atoms with E-state index in [0.29, 0.717) is 12.4 Å². The molecule has 1 heterocycles. The van der Waals surface area contributed by atoms with Crippen molar-refractivity contribution in [2.45, 2.75) is 45.6 Å². The molecule has 0 atom stereocenters. The van der Waals surface area contributed by atoms with E-state index >= 15 is 0 Å². The van der Waals surface area contributed by atoms with E-state index in [1.54, 1.807) is 0 Å². The second kappa shape index (κ2) is 7.07. The molecule has 0 unspecified atom stereocenters. The Bertz CT molecular complexity index is 682. The van der Waals surface area contributed by atoms with Crippen LogP contribution in [0.15, 0.2) is 39.7 Å². The Balaban J connectivity index is 1.63. The van der Waals surface area contributed by atoms with Crippen LogP contribution in [0.25, 0.3) is 0 Å². The molecule has 0 amide bonds. The number of hydrogen-bond donors (Lipinski definition) is 2. The van der Waals surface area contributed by atoms with E-state index in [2.05, 4.69) is 57.9 Å². The number of oxazole rings is 1. The van der Waals surface area contributed by atoms with Gasteiger partial charge in [0.25, 0.3) is 0 Å². The lowest BCUT2D eigenvalue weighted by Crippen LogP contribution is -2.41. The highest BCUT2D eigenvalue weighted by Gasteiger charge is 2.43. The lowest BCUT2D eigenvalue weighted by molar-refractivity contribution is 0.472. The van der Waals surface area contributed by atoms with Gasteiger partial charge in [0.2, 0.25) is 5.89 Å². The van der Waals surface area contributed by atoms with Crippen molar-refractivity contribution in [3.8, 4) is 0 Å². The molecule has 0 radical (unpaired) electrons. The summed E-state index contributed by atoms with van der Waals surface area (Å²) in [6.45, 7) is 8.12. The van der Waals surface area contributed by atoms with Crippen LogP contribution in [0.1, 0.15) is 42.7 Å². The van der Waals surface area contributed by atoms with Crippen molar-refractivity contribution in [3.63, 3.8) is 0 Å². The van der Waals surface area contributed by atoms with Gasteiger partial charge in [0.05, 0.1) is 5.69 Å². The molecule has 2 N–H and O–H groups in total. The zero-order valence-corrected chi connectivity index (χ0v) is 14.7. The van der Waals surface area contributed by atoms with Crippen molar-refractivity contribution >= 4 is 5.96 Å². The van der Waals surface area contributed by atoms with E-state index in [9.17, 15) is 0 Å². The molecule has 5 heteroatoms. The highest BCUT2D eigenvalue weighted by atomic mass is 16.4. The van der Waals surface area contributed by atoms with Crippen LogP contribution in [0, 0.1) is 13.8 Å². The summed E-state index contributed by atoms with van der Waals surface area (Å²) in [7, 11) is 0. The number of benzene rings is 1. The van der Waals surface area contributed by atoms with Crippen molar-refractivity contribution in [1.82, 2.24) is 15.6 Å². The highest BCUT2D eigenvalue weighted by molar-refractivity contribution is 5.79. The molecule has 24 heavy (non-hydrogen) atoms. The molecule has 128 valence electrons. The van der Waals surface area contributed by atoms with Crippen molar-refractivity contribution in [3.05, 3.63) is 53.2 Å². The van der Waals surface area contributed by atoms with Gasteiger partial charge in [-0.2, -0.15) is 0 Å². The molecule has 1 aliphatic rings. The van der Waals surface area contributed by atoms with Crippen LogP contribution in [-0.4, -0.2) is 24.0 Å². The van der Waals surface area contributed by atoms with Gasteiger partial charge in [-0.25, -0.2) is 9.98 Å². The minimum Gasteiger partial charge on any atom is -0.444 e. The second-order valence-corrected chi connectivity index (χ2v) is 6.44. The Morgan fingerprint density at radius 1 is 1.21 bits per heavy atom. The molecule has 1 fully saturated rings. The summed E-state index contributed by atoms with van der Waals surface area (Å²) in [6.07, 6.45) is 2.45. The fourth-order valence-corrected chi connectivity index (χ4v) is 2.86. The van der Waals surface area contributed by atoms with Gasteiger partial charge in [-0.05, 0) is 39.2 Å². The minimum absolute atomic E-state index is 0.257. The number of guanidine groups is 1. The fourth-order valence-electron chi connectivity index (χ4n) is 2.86. The average molecular weight is 326 g/mol. The fraction of sp³-hybridized carbons (Fsp3) is 0.474. The molecule has 1 aromatic carbocycles. The largest absolute Gasteiger partial charge is 0.444 e. The third-order valence-electron chi connectivity index (χ3n) is 4.62. The maximum atomic E-state index is 5.60. The van der Waals surface area contributed by atoms with Gasteiger partial charge in [-0.1, -0.05) is 30.3 Å². The van der Waals surface area contributed by atoms with Gasteiger partial charge in [0.15, 0.2) is 5.96 Å². The predicted octanol–water partition coefficient (Wildman–Crippen LogP) is 3.08. The molecule has 1 aliphatic carbocycles. The van der Waals surface area contributed by atoms with Crippen LogP contribution in [0.4, 0.5) is 0 Å². The number of aryl methyl sites for hydroxylation is 2. The SMILES string of the molecule is CCNC(=NCc1nc(C)c(C)o1)NCC1(c2ccccc2)CC1. The van der Waals surface area contributed by atoms with Crippen molar-refractivity contribution in [2.75, 3.05) is 13.1 Å². The molecule has 0 bridgehead atoms. The lowest BCUT2D eigenvalue weighted by Gasteiger charge is -2.18. The first-order valence-corrected chi connectivity index (χ1v) is 8.63. The summed E-state index contributed by atoms with van der Waals surface area (Å²) in [5.41, 5.74) is 2.60. The lowest BCUT2D eigenvalue weighted by atomic mass is 9.96. The molecule has 0 aliphatic heterocycles. The molecule has 5 nitrogen and oxygen atoms in total. The second-order valence-electron chi connectivity index (χ2n) is 6.44. The standard InChI is InChI=1S/C19H26N4O/c1-4-20-18(21-12-17-23-14(2)15(3)24-17)22-13-19(10-11-19)16-8-6-5-7-9-16/h5-9H,4,10-13H2,1-3H3,(H2,20,21,22). The third-order valence-corrected chi connectivity index (χ3v) is 4.62. The number of nitrogens with one attached hydrogen (secondary N) is 2. The Labute approximate surface area is 143 Å². The smallest absolute Gasteiger partial charge is 0.216 e. The Morgan fingerprint density at radius 2 is 1.96 bits per heavy atom. The Kier molecular flexibility index (Phi) is 4.88. The van der Waals surface area contributed by atoms with Crippen LogP contribution >= 0.6 is 0 Å². The molecule has 2 aromatic rings. The molecular weight excluding hydrogens is 300 g/mol. The van der Waals surface area contributed by atoms with Crippen LogP contribution in [0.3, 0.4) is 0 Å². The summed E-state index contributed by atoms with van der Waals surface area (Å²) in [5, 5.41) is 6.78. The predicted molar refractivity (Wildman–Crippen MR) is 96.1 cm³/mol. The van der Waals surface area contributed by atoms with Gasteiger partial charge in [0.1, 0.15) is 12.3 Å². The van der Waals surface area contributed by atoms with Gasteiger partial charge < -0.3 is 15.1 Å². The first-order valence-electron chi connectivity index (χ1n) is 8.63. The molecule has 1 aromatic heterocycles. The van der Waals surface area contributed by atoms with Gasteiger partial charge >= 0.3 is 0 Å². The van der Waals surface area contributed by atoms with Gasteiger partial charge in [-0.15, -0.1) is 0 Å². The minimum atomic E-state index is 0.257. The van der Waals surface area contributed by atoms with Crippen LogP contribution in [0.2, 0.25) is 0 Å². The summed E-state index contributed by atoms with van der Waals surface area (Å²) < 4.78 is 5.60. The van der Waals surface area contributed by atoms with E-state index in [1.165, 1.54) is 18.4 Å². The van der Waals surface area contributed by atoms with E-state index in [0.717, 1.165) is 30.5 Å². The Hall–Kier alpha value is -2.30. The quantitative estimate of drug-likeness (QED) is 0.632. The number of rotatable bonds is 6. The van der Waals surface area contributed by atoms with Crippen molar-refractivity contribution in [2.24, 2.45) is 4.99 Å². The maximum absolute atomic E-state index is 5.60. The van der Waals surface area contributed by atoms with Gasteiger partial charge in [-0.3, -0.25) is 0 Å². The molecule has 1 saturated carbocycles. The van der Waals surface area contributed by atoms with Crippen LogP contribution in [0.5, 0.6) is 0 Å². The van der Waals surface area contributed by atoms with E-state index in [4.69, 9.17) is 4.42 Å². The summed E-state index contributed by atoms with van der Waals surface area (Å²) >= 11 is 0. The highest BCUT2D eigenvalue weighted by Crippen LogP contribution is 2.47. The number of hydrogen-bond acceptors (Lipinski definition) is 3. The maximum Gasteiger partial charge on any atom is 0.216 e. The molecule has 0 spiro atoms. The first kappa shape index (κ1) is 16.6. The topological polar surface area (TPSA) is 62.5 Å².